The predicted octanol–water partition coefficient (Wildman–Crippen LogP) is 4.17. The predicted molar refractivity (Wildman–Crippen MR) is 71.4 cm³/mol. The summed E-state index contributed by atoms with van der Waals surface area (Å²) in [6.07, 6.45) is 0. The zero-order valence-corrected chi connectivity index (χ0v) is 10.4. The largest absolute Gasteiger partial charge is 0.295 e. The van der Waals surface area contributed by atoms with Gasteiger partial charge in [-0.3, -0.25) is 4.79 Å². The van der Waals surface area contributed by atoms with Gasteiger partial charge in [-0.15, -0.1) is 0 Å². The molecule has 86 valence electrons. The van der Waals surface area contributed by atoms with Crippen LogP contribution in [0.2, 0.25) is 0 Å². The van der Waals surface area contributed by atoms with Crippen LogP contribution < -0.4 is 0 Å². The second-order valence-corrected chi connectivity index (χ2v) is 4.45. The number of Topliss-reactive ketones (excluding diaryl/α,β-unsaturated/α-hetero) is 1. The van der Waals surface area contributed by atoms with E-state index in [0.29, 0.717) is 0 Å². The summed E-state index contributed by atoms with van der Waals surface area (Å²) in [7, 11) is 0. The van der Waals surface area contributed by atoms with Crippen molar-refractivity contribution in [2.75, 3.05) is 0 Å². The fourth-order valence-corrected chi connectivity index (χ4v) is 1.93. The molecule has 0 N–H and O–H groups in total. The third-order valence-electron chi connectivity index (χ3n) is 3.00. The molecule has 1 heteroatoms. The maximum Gasteiger partial charge on any atom is 0.160 e. The molecule has 0 bridgehead atoms. The number of hydrogen-bond donors (Lipinski definition) is 0. The molecule has 17 heavy (non-hydrogen) atoms. The fraction of sp³-hybridized carbons (Fsp3) is 0.188. The second-order valence-electron chi connectivity index (χ2n) is 4.45. The van der Waals surface area contributed by atoms with Gasteiger partial charge in [0.2, 0.25) is 0 Å². The quantitative estimate of drug-likeness (QED) is 0.699. The second kappa shape index (κ2) is 4.54. The molecule has 0 spiro atoms. The summed E-state index contributed by atoms with van der Waals surface area (Å²) in [4.78, 5) is 11.5. The minimum atomic E-state index is 0.122. The maximum atomic E-state index is 11.5. The van der Waals surface area contributed by atoms with E-state index in [9.17, 15) is 4.79 Å². The average Bonchev–Trinajstić information content (AvgIpc) is 2.30. The highest BCUT2D eigenvalue weighted by atomic mass is 16.1. The third kappa shape index (κ3) is 2.44. The van der Waals surface area contributed by atoms with Crippen molar-refractivity contribution in [3.8, 4) is 11.1 Å². The Balaban J connectivity index is 2.50. The number of carbonyl (C=O) groups excluding carboxylic acids is 1. The molecule has 2 rings (SSSR count). The van der Waals surface area contributed by atoms with Crippen molar-refractivity contribution in [2.24, 2.45) is 0 Å². The lowest BCUT2D eigenvalue weighted by Gasteiger charge is -2.07. The van der Waals surface area contributed by atoms with E-state index in [0.717, 1.165) is 22.3 Å². The minimum Gasteiger partial charge on any atom is -0.295 e. The van der Waals surface area contributed by atoms with Crippen LogP contribution in [0.3, 0.4) is 0 Å². The normalized spacial score (nSPS) is 10.3. The Kier molecular flexibility index (Phi) is 3.10. The van der Waals surface area contributed by atoms with Gasteiger partial charge in [-0.2, -0.15) is 0 Å². The van der Waals surface area contributed by atoms with Gasteiger partial charge in [-0.25, -0.2) is 0 Å². The van der Waals surface area contributed by atoms with E-state index in [4.69, 9.17) is 0 Å². The van der Waals surface area contributed by atoms with E-state index in [1.807, 2.05) is 19.1 Å². The zero-order valence-electron chi connectivity index (χ0n) is 10.4. The number of hydrogen-bond acceptors (Lipinski definition) is 1. The molecule has 0 heterocycles. The highest BCUT2D eigenvalue weighted by Crippen LogP contribution is 2.23. The molecule has 0 atom stereocenters. The van der Waals surface area contributed by atoms with Crippen LogP contribution in [-0.4, -0.2) is 5.78 Å². The minimum absolute atomic E-state index is 0.122. The molecule has 0 aromatic heterocycles. The van der Waals surface area contributed by atoms with E-state index in [1.165, 1.54) is 5.56 Å². The summed E-state index contributed by atoms with van der Waals surface area (Å²) in [5.41, 5.74) is 5.34. The van der Waals surface area contributed by atoms with Crippen molar-refractivity contribution in [3.05, 3.63) is 59.2 Å². The Morgan fingerprint density at radius 1 is 0.882 bits per heavy atom. The van der Waals surface area contributed by atoms with E-state index < -0.39 is 0 Å². The van der Waals surface area contributed by atoms with Gasteiger partial charge in [0, 0.05) is 5.56 Å². The lowest BCUT2D eigenvalue weighted by atomic mass is 9.97. The van der Waals surface area contributed by atoms with Crippen LogP contribution in [0.25, 0.3) is 11.1 Å². The lowest BCUT2D eigenvalue weighted by molar-refractivity contribution is 0.101. The van der Waals surface area contributed by atoms with Gasteiger partial charge >= 0.3 is 0 Å². The van der Waals surface area contributed by atoms with Crippen molar-refractivity contribution in [3.63, 3.8) is 0 Å². The molecule has 0 radical (unpaired) electrons. The SMILES string of the molecule is CC(=O)c1cc(-c2ccc(C)cc2)ccc1C. The third-order valence-corrected chi connectivity index (χ3v) is 3.00. The molecular weight excluding hydrogens is 208 g/mol. The molecular formula is C16H16O. The maximum absolute atomic E-state index is 11.5. The molecule has 0 aliphatic heterocycles. The van der Waals surface area contributed by atoms with Gasteiger partial charge in [-0.05, 0) is 43.5 Å². The van der Waals surface area contributed by atoms with Gasteiger partial charge in [0.15, 0.2) is 5.78 Å². The van der Waals surface area contributed by atoms with Gasteiger partial charge in [0.05, 0.1) is 0 Å². The molecule has 0 aliphatic rings. The summed E-state index contributed by atoms with van der Waals surface area (Å²) < 4.78 is 0. The number of benzene rings is 2. The average molecular weight is 224 g/mol. The first-order valence-corrected chi connectivity index (χ1v) is 5.76. The van der Waals surface area contributed by atoms with Gasteiger partial charge in [0.1, 0.15) is 0 Å². The molecule has 0 fully saturated rings. The van der Waals surface area contributed by atoms with Crippen molar-refractivity contribution >= 4 is 5.78 Å². The van der Waals surface area contributed by atoms with Crippen LogP contribution in [0, 0.1) is 13.8 Å². The van der Waals surface area contributed by atoms with Crippen LogP contribution in [0.15, 0.2) is 42.5 Å². The Labute approximate surface area is 102 Å². The molecule has 1 nitrogen and oxygen atoms in total. The topological polar surface area (TPSA) is 17.1 Å². The summed E-state index contributed by atoms with van der Waals surface area (Å²) in [5, 5.41) is 0. The van der Waals surface area contributed by atoms with Crippen LogP contribution in [0.4, 0.5) is 0 Å². The first kappa shape index (κ1) is 11.6. The van der Waals surface area contributed by atoms with Gasteiger partial charge in [-0.1, -0.05) is 42.0 Å². The Hall–Kier alpha value is -1.89. The molecule has 2 aromatic rings. The van der Waals surface area contributed by atoms with Crippen molar-refractivity contribution in [2.45, 2.75) is 20.8 Å². The standard InChI is InChI=1S/C16H16O/c1-11-4-7-14(8-5-11)15-9-6-12(2)16(10-15)13(3)17/h4-10H,1-3H3. The zero-order chi connectivity index (χ0) is 12.4. The summed E-state index contributed by atoms with van der Waals surface area (Å²) in [6.45, 7) is 5.65. The Morgan fingerprint density at radius 3 is 2.06 bits per heavy atom. The first-order valence-electron chi connectivity index (χ1n) is 5.76. The van der Waals surface area contributed by atoms with E-state index in [2.05, 4.69) is 37.3 Å². The Bertz CT molecular complexity index is 550. The highest BCUT2D eigenvalue weighted by molar-refractivity contribution is 5.96. The van der Waals surface area contributed by atoms with Crippen molar-refractivity contribution < 1.29 is 4.79 Å². The van der Waals surface area contributed by atoms with Crippen molar-refractivity contribution in [1.29, 1.82) is 0 Å². The smallest absolute Gasteiger partial charge is 0.160 e. The van der Waals surface area contributed by atoms with E-state index >= 15 is 0 Å². The summed E-state index contributed by atoms with van der Waals surface area (Å²) >= 11 is 0. The fourth-order valence-electron chi connectivity index (χ4n) is 1.93. The highest BCUT2D eigenvalue weighted by Gasteiger charge is 2.06. The first-order chi connectivity index (χ1) is 8.08. The van der Waals surface area contributed by atoms with Crippen LogP contribution in [-0.2, 0) is 0 Å². The number of rotatable bonds is 2. The molecule has 0 aliphatic carbocycles. The van der Waals surface area contributed by atoms with E-state index in [-0.39, 0.29) is 5.78 Å². The van der Waals surface area contributed by atoms with Gasteiger partial charge < -0.3 is 0 Å². The molecule has 0 amide bonds. The van der Waals surface area contributed by atoms with Crippen molar-refractivity contribution in [1.82, 2.24) is 0 Å². The lowest BCUT2D eigenvalue weighted by Crippen LogP contribution is -1.96. The molecule has 0 saturated carbocycles. The summed E-state index contributed by atoms with van der Waals surface area (Å²) in [6, 6.07) is 14.4. The Morgan fingerprint density at radius 2 is 1.47 bits per heavy atom. The molecule has 0 unspecified atom stereocenters. The van der Waals surface area contributed by atoms with E-state index in [1.54, 1.807) is 6.92 Å². The van der Waals surface area contributed by atoms with Crippen LogP contribution in [0.1, 0.15) is 28.4 Å². The number of ketones is 1. The molecule has 2 aromatic carbocycles. The van der Waals surface area contributed by atoms with Crippen LogP contribution >= 0.6 is 0 Å². The summed E-state index contributed by atoms with van der Waals surface area (Å²) in [5.74, 6) is 0.122. The van der Waals surface area contributed by atoms with Crippen LogP contribution in [0.5, 0.6) is 0 Å². The molecule has 0 saturated heterocycles. The van der Waals surface area contributed by atoms with Gasteiger partial charge in [0.25, 0.3) is 0 Å². The monoisotopic (exact) mass is 224 g/mol. The number of aryl methyl sites for hydroxylation is 2. The number of carbonyl (C=O) groups is 1.